The van der Waals surface area contributed by atoms with Crippen molar-refractivity contribution < 1.29 is 14.6 Å². The first-order chi connectivity index (χ1) is 16.2. The van der Waals surface area contributed by atoms with E-state index in [2.05, 4.69) is 9.88 Å². The Morgan fingerprint density at radius 1 is 1.11 bits per heavy atom. The Kier molecular flexibility index (Phi) is 8.54. The minimum atomic E-state index is -0.858. The number of phenolic OH excluding ortho intramolecular Hbond substituents is 1. The maximum atomic E-state index is 13.5. The highest BCUT2D eigenvalue weighted by atomic mass is 35.5. The number of carbonyl (C=O) groups is 1. The molecule has 4 rings (SSSR count). The lowest BCUT2D eigenvalue weighted by atomic mass is 9.86. The van der Waals surface area contributed by atoms with Crippen LogP contribution in [0.15, 0.2) is 18.3 Å². The molecule has 0 bridgehead atoms. The summed E-state index contributed by atoms with van der Waals surface area (Å²) in [6.45, 7) is 12.0. The van der Waals surface area contributed by atoms with Gasteiger partial charge in [-0.2, -0.15) is 0 Å². The summed E-state index contributed by atoms with van der Waals surface area (Å²) in [6, 6.07) is 3.90. The van der Waals surface area contributed by atoms with Gasteiger partial charge in [0.05, 0.1) is 0 Å². The molecule has 1 saturated heterocycles. The van der Waals surface area contributed by atoms with Crippen molar-refractivity contribution in [1.82, 2.24) is 14.8 Å². The van der Waals surface area contributed by atoms with Gasteiger partial charge in [-0.05, 0) is 88.2 Å². The van der Waals surface area contributed by atoms with E-state index >= 15 is 0 Å². The summed E-state index contributed by atoms with van der Waals surface area (Å²) < 4.78 is 6.41. The number of amides is 1. The maximum absolute atomic E-state index is 13.5. The molecule has 0 aliphatic carbocycles. The number of aromatic nitrogens is 1. The van der Waals surface area contributed by atoms with Crippen LogP contribution in [-0.2, 0) is 17.6 Å². The molecule has 192 valence electrons. The fourth-order valence-electron chi connectivity index (χ4n) is 5.16. The molecule has 35 heavy (non-hydrogen) atoms. The molecular weight excluding hydrogens is 464 g/mol. The first kappa shape index (κ1) is 27.1. The molecule has 3 N–H and O–H groups in total. The number of halogens is 1. The van der Waals surface area contributed by atoms with Crippen LogP contribution in [0.25, 0.3) is 0 Å². The third-order valence-corrected chi connectivity index (χ3v) is 7.67. The average Bonchev–Trinajstić information content (AvgIpc) is 2.85. The lowest BCUT2D eigenvalue weighted by Gasteiger charge is -2.42. The SMILES string of the molecule is Cc1c(C)c2c(c(C)c1O)CCC(C)(C(=O)N1CCN(CCCCc3ccc(N)nc3)CC1)O2.Cl. The van der Waals surface area contributed by atoms with E-state index in [1.807, 2.05) is 50.9 Å². The van der Waals surface area contributed by atoms with E-state index in [-0.39, 0.29) is 18.3 Å². The van der Waals surface area contributed by atoms with E-state index in [0.29, 0.717) is 18.0 Å². The van der Waals surface area contributed by atoms with Crippen molar-refractivity contribution in [2.24, 2.45) is 0 Å². The number of piperazine rings is 1. The first-order valence-corrected chi connectivity index (χ1v) is 12.4. The van der Waals surface area contributed by atoms with Crippen molar-refractivity contribution in [1.29, 1.82) is 0 Å². The fourth-order valence-corrected chi connectivity index (χ4v) is 5.16. The zero-order chi connectivity index (χ0) is 24.5. The molecule has 2 aliphatic heterocycles. The van der Waals surface area contributed by atoms with Crippen molar-refractivity contribution in [3.63, 3.8) is 0 Å². The van der Waals surface area contributed by atoms with E-state index in [4.69, 9.17) is 10.5 Å². The normalized spacial score (nSPS) is 20.1. The number of rotatable bonds is 6. The molecule has 3 heterocycles. The molecule has 2 aromatic rings. The van der Waals surface area contributed by atoms with Gasteiger partial charge in [-0.25, -0.2) is 4.98 Å². The predicted octanol–water partition coefficient (Wildman–Crippen LogP) is 3.97. The van der Waals surface area contributed by atoms with Gasteiger partial charge < -0.3 is 20.5 Å². The standard InChI is InChI=1S/C27H38N4O3.ClH/c1-18-19(2)25-22(20(3)24(18)32)10-11-27(4,34-25)26(33)31-15-13-30(14-16-31)12-6-5-7-21-8-9-23(28)29-17-21;/h8-9,17,32H,5-7,10-16H2,1-4H3,(H2,28,29);1H. The molecular formula is C27H39ClN4O3. The number of hydrogen-bond donors (Lipinski definition) is 2. The minimum absolute atomic E-state index is 0. The van der Waals surface area contributed by atoms with Gasteiger partial charge in [-0.1, -0.05) is 6.07 Å². The van der Waals surface area contributed by atoms with Crippen LogP contribution in [0.1, 0.15) is 54.0 Å². The highest BCUT2D eigenvalue weighted by Crippen LogP contribution is 2.43. The third kappa shape index (κ3) is 5.67. The topological polar surface area (TPSA) is 91.9 Å². The minimum Gasteiger partial charge on any atom is -0.507 e. The number of aryl methyl sites for hydroxylation is 1. The van der Waals surface area contributed by atoms with E-state index in [1.165, 1.54) is 5.56 Å². The Morgan fingerprint density at radius 3 is 2.49 bits per heavy atom. The zero-order valence-corrected chi connectivity index (χ0v) is 22.2. The van der Waals surface area contributed by atoms with Crippen molar-refractivity contribution in [2.75, 3.05) is 38.5 Å². The number of ether oxygens (including phenoxy) is 1. The molecule has 1 amide bonds. The number of nitrogen functional groups attached to an aromatic ring is 1. The third-order valence-electron chi connectivity index (χ3n) is 7.67. The van der Waals surface area contributed by atoms with Crippen LogP contribution in [0.3, 0.4) is 0 Å². The number of benzene rings is 1. The van der Waals surface area contributed by atoms with Gasteiger partial charge in [0.15, 0.2) is 5.60 Å². The van der Waals surface area contributed by atoms with Gasteiger partial charge >= 0.3 is 0 Å². The van der Waals surface area contributed by atoms with Gasteiger partial charge in [0.25, 0.3) is 5.91 Å². The van der Waals surface area contributed by atoms with Crippen LogP contribution < -0.4 is 10.5 Å². The van der Waals surface area contributed by atoms with E-state index in [9.17, 15) is 9.90 Å². The summed E-state index contributed by atoms with van der Waals surface area (Å²) in [6.07, 6.45) is 6.48. The molecule has 8 heteroatoms. The first-order valence-electron chi connectivity index (χ1n) is 12.4. The van der Waals surface area contributed by atoms with E-state index < -0.39 is 5.60 Å². The summed E-state index contributed by atoms with van der Waals surface area (Å²) in [4.78, 5) is 22.1. The number of unbranched alkanes of at least 4 members (excludes halogenated alkanes) is 1. The second-order valence-electron chi connectivity index (χ2n) is 10.0. The van der Waals surface area contributed by atoms with Crippen LogP contribution in [-0.4, -0.2) is 64.1 Å². The predicted molar refractivity (Wildman–Crippen MR) is 142 cm³/mol. The fraction of sp³-hybridized carbons (Fsp3) is 0.556. The molecule has 0 saturated carbocycles. The lowest BCUT2D eigenvalue weighted by molar-refractivity contribution is -0.150. The number of nitrogens with two attached hydrogens (primary N) is 1. The monoisotopic (exact) mass is 502 g/mol. The molecule has 1 fully saturated rings. The Bertz CT molecular complexity index is 1050. The smallest absolute Gasteiger partial charge is 0.266 e. The van der Waals surface area contributed by atoms with Gasteiger partial charge in [0, 0.05) is 44.4 Å². The van der Waals surface area contributed by atoms with Crippen molar-refractivity contribution in [3.8, 4) is 11.5 Å². The number of carbonyl (C=O) groups excluding carboxylic acids is 1. The molecule has 0 spiro atoms. The molecule has 2 aliphatic rings. The Hall–Kier alpha value is -2.51. The van der Waals surface area contributed by atoms with E-state index in [0.717, 1.165) is 86.4 Å². The number of anilines is 1. The number of fused-ring (bicyclic) bond motifs is 1. The van der Waals surface area contributed by atoms with Crippen molar-refractivity contribution >= 4 is 24.1 Å². The number of aromatic hydroxyl groups is 1. The van der Waals surface area contributed by atoms with Crippen LogP contribution in [0.2, 0.25) is 0 Å². The van der Waals surface area contributed by atoms with Gasteiger partial charge in [0.2, 0.25) is 0 Å². The second kappa shape index (κ2) is 11.0. The van der Waals surface area contributed by atoms with Crippen molar-refractivity contribution in [2.45, 2.75) is 65.4 Å². The Labute approximate surface area is 215 Å². The molecule has 1 aromatic carbocycles. The highest BCUT2D eigenvalue weighted by Gasteiger charge is 2.43. The Morgan fingerprint density at radius 2 is 1.83 bits per heavy atom. The molecule has 1 aromatic heterocycles. The second-order valence-corrected chi connectivity index (χ2v) is 10.0. The largest absolute Gasteiger partial charge is 0.507 e. The maximum Gasteiger partial charge on any atom is 0.266 e. The number of pyridine rings is 1. The van der Waals surface area contributed by atoms with Gasteiger partial charge in [-0.3, -0.25) is 9.69 Å². The van der Waals surface area contributed by atoms with Crippen molar-refractivity contribution in [3.05, 3.63) is 46.1 Å². The molecule has 7 nitrogen and oxygen atoms in total. The molecule has 1 atom stereocenters. The summed E-state index contributed by atoms with van der Waals surface area (Å²) in [5, 5.41) is 10.4. The van der Waals surface area contributed by atoms with Crippen LogP contribution in [0.5, 0.6) is 11.5 Å². The number of phenols is 1. The lowest BCUT2D eigenvalue weighted by Crippen LogP contribution is -2.57. The highest BCUT2D eigenvalue weighted by molar-refractivity contribution is 5.86. The number of nitrogens with zero attached hydrogens (tertiary/aromatic N) is 3. The average molecular weight is 503 g/mol. The molecule has 1 unspecified atom stereocenters. The Balaban J connectivity index is 0.00000342. The summed E-state index contributed by atoms with van der Waals surface area (Å²) in [7, 11) is 0. The van der Waals surface area contributed by atoms with Gasteiger partial charge in [-0.15, -0.1) is 12.4 Å². The number of hydrogen-bond acceptors (Lipinski definition) is 6. The van der Waals surface area contributed by atoms with Crippen LogP contribution in [0.4, 0.5) is 5.82 Å². The van der Waals surface area contributed by atoms with E-state index in [1.54, 1.807) is 0 Å². The summed E-state index contributed by atoms with van der Waals surface area (Å²) in [5.74, 6) is 1.77. The zero-order valence-electron chi connectivity index (χ0n) is 21.4. The summed E-state index contributed by atoms with van der Waals surface area (Å²) >= 11 is 0. The summed E-state index contributed by atoms with van der Waals surface area (Å²) in [5.41, 5.74) is 9.67. The molecule has 0 radical (unpaired) electrons. The van der Waals surface area contributed by atoms with Crippen LogP contribution >= 0.6 is 12.4 Å². The van der Waals surface area contributed by atoms with Gasteiger partial charge in [0.1, 0.15) is 17.3 Å². The van der Waals surface area contributed by atoms with Crippen LogP contribution in [0, 0.1) is 20.8 Å². The quantitative estimate of drug-likeness (QED) is 0.581.